The summed E-state index contributed by atoms with van der Waals surface area (Å²) in [5.74, 6) is 1.41. The van der Waals surface area contributed by atoms with Crippen LogP contribution in [0.4, 0.5) is 6.01 Å². The first-order chi connectivity index (χ1) is 12.2. The third-order valence-corrected chi connectivity index (χ3v) is 5.82. The minimum atomic E-state index is 0.169. The van der Waals surface area contributed by atoms with Crippen molar-refractivity contribution in [2.24, 2.45) is 11.3 Å². The maximum Gasteiger partial charge on any atom is 0.318 e. The van der Waals surface area contributed by atoms with Gasteiger partial charge in [0.15, 0.2) is 0 Å². The van der Waals surface area contributed by atoms with Gasteiger partial charge in [-0.25, -0.2) is 0 Å². The van der Waals surface area contributed by atoms with E-state index in [0.29, 0.717) is 11.9 Å². The van der Waals surface area contributed by atoms with Crippen LogP contribution >= 0.6 is 0 Å². The van der Waals surface area contributed by atoms with Gasteiger partial charge in [0.2, 0.25) is 5.89 Å². The topological polar surface area (TPSA) is 63.9 Å². The summed E-state index contributed by atoms with van der Waals surface area (Å²) in [5.41, 5.74) is 0.169. The summed E-state index contributed by atoms with van der Waals surface area (Å²) in [6.45, 7) is 10.5. The molecule has 1 atom stereocenters. The molecule has 0 saturated carbocycles. The molecular formula is C18H30N4O3. The Kier molecular flexibility index (Phi) is 5.24. The molecule has 0 amide bonds. The summed E-state index contributed by atoms with van der Waals surface area (Å²) in [5, 5.41) is 8.22. The molecule has 1 spiro atoms. The van der Waals surface area contributed by atoms with Crippen LogP contribution in [0.5, 0.6) is 0 Å². The Balaban J connectivity index is 1.43. The van der Waals surface area contributed by atoms with E-state index in [2.05, 4.69) is 20.0 Å². The second kappa shape index (κ2) is 7.60. The number of hydrogen-bond donors (Lipinski definition) is 0. The Bertz CT molecular complexity index is 560. The lowest BCUT2D eigenvalue weighted by Gasteiger charge is -2.44. The summed E-state index contributed by atoms with van der Waals surface area (Å²) in [7, 11) is 0. The molecule has 0 bridgehead atoms. The molecule has 0 aliphatic carbocycles. The number of aryl methyl sites for hydroxylation is 1. The van der Waals surface area contributed by atoms with Crippen LogP contribution in [0.2, 0.25) is 0 Å². The van der Waals surface area contributed by atoms with Gasteiger partial charge in [-0.15, -0.1) is 5.10 Å². The van der Waals surface area contributed by atoms with Gasteiger partial charge in [0, 0.05) is 51.7 Å². The molecule has 3 saturated heterocycles. The van der Waals surface area contributed by atoms with Crippen molar-refractivity contribution in [3.8, 4) is 0 Å². The van der Waals surface area contributed by atoms with Crippen molar-refractivity contribution in [3.05, 3.63) is 5.89 Å². The van der Waals surface area contributed by atoms with Gasteiger partial charge in [-0.05, 0) is 38.1 Å². The summed E-state index contributed by atoms with van der Waals surface area (Å²) >= 11 is 0. The van der Waals surface area contributed by atoms with E-state index in [-0.39, 0.29) is 5.41 Å². The number of ether oxygens (including phenoxy) is 2. The predicted molar refractivity (Wildman–Crippen MR) is 93.7 cm³/mol. The smallest absolute Gasteiger partial charge is 0.318 e. The number of rotatable bonds is 3. The highest BCUT2D eigenvalue weighted by Gasteiger charge is 2.40. The van der Waals surface area contributed by atoms with Gasteiger partial charge in [0.1, 0.15) is 0 Å². The molecule has 0 aromatic carbocycles. The SMILES string of the molecule is Cc1nnc(N2CCOC[C@@]3(CCCN(CC4CCOCC4)C3)C2)o1. The number of anilines is 1. The van der Waals surface area contributed by atoms with Crippen LogP contribution in [0.15, 0.2) is 4.42 Å². The molecule has 3 aliphatic heterocycles. The van der Waals surface area contributed by atoms with E-state index >= 15 is 0 Å². The standard InChI is InChI=1S/C18H30N4O3/c1-15-19-20-17(25-15)22-7-10-24-14-18(13-22)5-2-6-21(12-18)11-16-3-8-23-9-4-16/h16H,2-14H2,1H3/t18-/m1/s1. The Hall–Kier alpha value is -1.18. The van der Waals surface area contributed by atoms with Crippen molar-refractivity contribution < 1.29 is 13.9 Å². The molecule has 3 fully saturated rings. The number of hydrogen-bond acceptors (Lipinski definition) is 7. The van der Waals surface area contributed by atoms with Crippen LogP contribution in [0.1, 0.15) is 31.6 Å². The summed E-state index contributed by atoms with van der Waals surface area (Å²) in [6, 6.07) is 0.643. The lowest BCUT2D eigenvalue weighted by Crippen LogP contribution is -2.51. The van der Waals surface area contributed by atoms with Gasteiger partial charge in [0.05, 0.1) is 13.2 Å². The van der Waals surface area contributed by atoms with Crippen molar-refractivity contribution in [1.82, 2.24) is 15.1 Å². The average molecular weight is 350 g/mol. The number of likely N-dealkylation sites (tertiary alicyclic amines) is 1. The molecule has 0 unspecified atom stereocenters. The van der Waals surface area contributed by atoms with Crippen molar-refractivity contribution in [1.29, 1.82) is 0 Å². The van der Waals surface area contributed by atoms with Gasteiger partial charge in [-0.3, -0.25) is 0 Å². The summed E-state index contributed by atoms with van der Waals surface area (Å²) in [4.78, 5) is 4.89. The zero-order valence-electron chi connectivity index (χ0n) is 15.3. The van der Waals surface area contributed by atoms with E-state index in [1.807, 2.05) is 6.92 Å². The minimum Gasteiger partial charge on any atom is -0.408 e. The average Bonchev–Trinajstić information content (AvgIpc) is 2.95. The lowest BCUT2D eigenvalue weighted by molar-refractivity contribution is -0.00288. The molecular weight excluding hydrogens is 320 g/mol. The van der Waals surface area contributed by atoms with E-state index in [1.54, 1.807) is 0 Å². The van der Waals surface area contributed by atoms with Crippen LogP contribution in [-0.4, -0.2) is 74.2 Å². The second-order valence-corrected chi connectivity index (χ2v) is 7.97. The molecule has 7 nitrogen and oxygen atoms in total. The number of piperidine rings is 1. The molecule has 3 aliphatic rings. The molecule has 0 N–H and O–H groups in total. The Labute approximate surface area is 149 Å². The monoisotopic (exact) mass is 350 g/mol. The molecule has 25 heavy (non-hydrogen) atoms. The third-order valence-electron chi connectivity index (χ3n) is 5.82. The normalized spacial score (nSPS) is 29.9. The molecule has 1 aromatic heterocycles. The summed E-state index contributed by atoms with van der Waals surface area (Å²) < 4.78 is 17.2. The molecule has 0 radical (unpaired) electrons. The zero-order valence-corrected chi connectivity index (χ0v) is 15.3. The minimum absolute atomic E-state index is 0.169. The fraction of sp³-hybridized carbons (Fsp3) is 0.889. The van der Waals surface area contributed by atoms with E-state index in [4.69, 9.17) is 13.9 Å². The molecule has 1 aromatic rings. The number of aromatic nitrogens is 2. The fourth-order valence-corrected chi connectivity index (χ4v) is 4.58. The van der Waals surface area contributed by atoms with Crippen LogP contribution in [0, 0.1) is 18.3 Å². The van der Waals surface area contributed by atoms with Gasteiger partial charge >= 0.3 is 6.01 Å². The van der Waals surface area contributed by atoms with Gasteiger partial charge in [0.25, 0.3) is 0 Å². The van der Waals surface area contributed by atoms with Crippen LogP contribution in [0.3, 0.4) is 0 Å². The van der Waals surface area contributed by atoms with Crippen molar-refractivity contribution >= 4 is 6.01 Å². The van der Waals surface area contributed by atoms with Crippen LogP contribution < -0.4 is 4.90 Å². The van der Waals surface area contributed by atoms with Crippen molar-refractivity contribution in [2.45, 2.75) is 32.6 Å². The maximum atomic E-state index is 6.01. The predicted octanol–water partition coefficient (Wildman–Crippen LogP) is 1.72. The highest BCUT2D eigenvalue weighted by molar-refractivity contribution is 5.25. The van der Waals surface area contributed by atoms with Crippen molar-refractivity contribution in [3.63, 3.8) is 0 Å². The summed E-state index contributed by atoms with van der Waals surface area (Å²) in [6.07, 6.45) is 4.85. The van der Waals surface area contributed by atoms with E-state index in [0.717, 1.165) is 52.0 Å². The highest BCUT2D eigenvalue weighted by atomic mass is 16.5. The number of nitrogens with zero attached hydrogens (tertiary/aromatic N) is 4. The third kappa shape index (κ3) is 4.15. The Morgan fingerprint density at radius 3 is 2.76 bits per heavy atom. The molecule has 4 rings (SSSR count). The zero-order chi connectivity index (χ0) is 17.1. The highest BCUT2D eigenvalue weighted by Crippen LogP contribution is 2.35. The van der Waals surface area contributed by atoms with E-state index in [1.165, 1.54) is 38.8 Å². The van der Waals surface area contributed by atoms with Crippen molar-refractivity contribution in [2.75, 3.05) is 64.1 Å². The van der Waals surface area contributed by atoms with Gasteiger partial charge in [-0.2, -0.15) is 0 Å². The largest absolute Gasteiger partial charge is 0.408 e. The Morgan fingerprint density at radius 1 is 1.08 bits per heavy atom. The first-order valence-electron chi connectivity index (χ1n) is 9.65. The quantitative estimate of drug-likeness (QED) is 0.822. The van der Waals surface area contributed by atoms with Gasteiger partial charge < -0.3 is 23.7 Å². The fourth-order valence-electron chi connectivity index (χ4n) is 4.58. The van der Waals surface area contributed by atoms with Crippen LogP contribution in [0.25, 0.3) is 0 Å². The lowest BCUT2D eigenvalue weighted by atomic mass is 9.79. The molecule has 4 heterocycles. The molecule has 7 heteroatoms. The van der Waals surface area contributed by atoms with Crippen LogP contribution in [-0.2, 0) is 9.47 Å². The first-order valence-corrected chi connectivity index (χ1v) is 9.65. The molecule has 140 valence electrons. The van der Waals surface area contributed by atoms with E-state index in [9.17, 15) is 0 Å². The first kappa shape index (κ1) is 17.2. The van der Waals surface area contributed by atoms with Gasteiger partial charge in [-0.1, -0.05) is 5.10 Å². The van der Waals surface area contributed by atoms with E-state index < -0.39 is 0 Å². The Morgan fingerprint density at radius 2 is 1.96 bits per heavy atom. The second-order valence-electron chi connectivity index (χ2n) is 7.97. The maximum absolute atomic E-state index is 6.01.